The topological polar surface area (TPSA) is 46.3 Å². The zero-order valence-corrected chi connectivity index (χ0v) is 17.0. The van der Waals surface area contributed by atoms with Gasteiger partial charge in [0, 0.05) is 29.1 Å². The molecule has 1 aliphatic heterocycles. The minimum absolute atomic E-state index is 0.645. The SMILES string of the molecule is CC1CCN(c2nc3cc(Cl)ccc3c3nnc(-c4ccccc4Cl)n23)CC1. The van der Waals surface area contributed by atoms with Gasteiger partial charge in [0.1, 0.15) is 0 Å². The molecule has 0 spiro atoms. The minimum atomic E-state index is 0.645. The fourth-order valence-corrected chi connectivity index (χ4v) is 4.22. The Labute approximate surface area is 172 Å². The van der Waals surface area contributed by atoms with Crippen LogP contribution in [-0.4, -0.2) is 32.7 Å². The second-order valence-electron chi connectivity index (χ2n) is 7.41. The molecule has 2 aromatic carbocycles. The van der Waals surface area contributed by atoms with Gasteiger partial charge < -0.3 is 4.90 Å². The van der Waals surface area contributed by atoms with Crippen molar-refractivity contribution >= 4 is 45.7 Å². The summed E-state index contributed by atoms with van der Waals surface area (Å²) in [5, 5.41) is 11.2. The average molecular weight is 412 g/mol. The molecule has 142 valence electrons. The lowest BCUT2D eigenvalue weighted by Crippen LogP contribution is -2.34. The van der Waals surface area contributed by atoms with Crippen molar-refractivity contribution in [2.45, 2.75) is 19.8 Å². The van der Waals surface area contributed by atoms with Crippen LogP contribution in [-0.2, 0) is 0 Å². The Hall–Kier alpha value is -2.37. The lowest BCUT2D eigenvalue weighted by Gasteiger charge is -2.31. The van der Waals surface area contributed by atoms with Gasteiger partial charge in [0.15, 0.2) is 11.5 Å². The molecular formula is C21H19Cl2N5. The molecule has 0 bridgehead atoms. The maximum absolute atomic E-state index is 6.48. The molecule has 2 aromatic heterocycles. The summed E-state index contributed by atoms with van der Waals surface area (Å²) >= 11 is 12.7. The summed E-state index contributed by atoms with van der Waals surface area (Å²) in [5.74, 6) is 2.28. The first-order valence-electron chi connectivity index (χ1n) is 9.46. The predicted molar refractivity (Wildman–Crippen MR) is 114 cm³/mol. The summed E-state index contributed by atoms with van der Waals surface area (Å²) in [7, 11) is 0. The highest BCUT2D eigenvalue weighted by atomic mass is 35.5. The molecule has 3 heterocycles. The van der Waals surface area contributed by atoms with Crippen molar-refractivity contribution in [2.24, 2.45) is 5.92 Å². The molecule has 28 heavy (non-hydrogen) atoms. The van der Waals surface area contributed by atoms with E-state index in [0.717, 1.165) is 59.9 Å². The van der Waals surface area contributed by atoms with Crippen LogP contribution in [0, 0.1) is 5.92 Å². The molecule has 0 unspecified atom stereocenters. The highest BCUT2D eigenvalue weighted by molar-refractivity contribution is 6.33. The minimum Gasteiger partial charge on any atom is -0.342 e. The molecule has 5 nitrogen and oxygen atoms in total. The number of anilines is 1. The van der Waals surface area contributed by atoms with Crippen molar-refractivity contribution < 1.29 is 0 Å². The van der Waals surface area contributed by atoms with Crippen LogP contribution in [0.4, 0.5) is 5.95 Å². The molecule has 1 aliphatic rings. The third-order valence-corrected chi connectivity index (χ3v) is 6.03. The van der Waals surface area contributed by atoms with Crippen molar-refractivity contribution in [1.82, 2.24) is 19.6 Å². The normalized spacial score (nSPS) is 15.6. The van der Waals surface area contributed by atoms with Crippen LogP contribution in [0.3, 0.4) is 0 Å². The van der Waals surface area contributed by atoms with Crippen molar-refractivity contribution in [1.29, 1.82) is 0 Å². The van der Waals surface area contributed by atoms with Gasteiger partial charge in [0.25, 0.3) is 0 Å². The van der Waals surface area contributed by atoms with Crippen LogP contribution >= 0.6 is 23.2 Å². The number of rotatable bonds is 2. The Morgan fingerprint density at radius 1 is 1.00 bits per heavy atom. The van der Waals surface area contributed by atoms with Gasteiger partial charge in [-0.15, -0.1) is 10.2 Å². The van der Waals surface area contributed by atoms with Crippen LogP contribution in [0.25, 0.3) is 27.9 Å². The van der Waals surface area contributed by atoms with Crippen LogP contribution in [0.5, 0.6) is 0 Å². The van der Waals surface area contributed by atoms with Crippen LogP contribution < -0.4 is 4.90 Å². The van der Waals surface area contributed by atoms with Crippen LogP contribution in [0.2, 0.25) is 10.0 Å². The lowest BCUT2D eigenvalue weighted by molar-refractivity contribution is 0.434. The molecular weight excluding hydrogens is 393 g/mol. The van der Waals surface area contributed by atoms with E-state index < -0.39 is 0 Å². The third-order valence-electron chi connectivity index (χ3n) is 5.47. The Bertz CT molecular complexity index is 1180. The van der Waals surface area contributed by atoms with Crippen LogP contribution in [0.15, 0.2) is 42.5 Å². The summed E-state index contributed by atoms with van der Waals surface area (Å²) in [5.41, 5.74) is 2.44. The first-order chi connectivity index (χ1) is 13.6. The van der Waals surface area contributed by atoms with Gasteiger partial charge in [-0.2, -0.15) is 0 Å². The molecule has 1 fully saturated rings. The zero-order chi connectivity index (χ0) is 19.3. The highest BCUT2D eigenvalue weighted by Crippen LogP contribution is 2.33. The molecule has 0 amide bonds. The number of fused-ring (bicyclic) bond motifs is 3. The van der Waals surface area contributed by atoms with Gasteiger partial charge in [-0.3, -0.25) is 0 Å². The Morgan fingerprint density at radius 2 is 1.79 bits per heavy atom. The Kier molecular flexibility index (Phi) is 4.37. The molecule has 1 saturated heterocycles. The van der Waals surface area contributed by atoms with Gasteiger partial charge in [-0.05, 0) is 49.1 Å². The Balaban J connectivity index is 1.81. The van der Waals surface area contributed by atoms with Crippen molar-refractivity contribution in [3.05, 3.63) is 52.5 Å². The molecule has 4 aromatic rings. The van der Waals surface area contributed by atoms with Crippen LogP contribution in [0.1, 0.15) is 19.8 Å². The number of piperidine rings is 1. The maximum Gasteiger partial charge on any atom is 0.213 e. The molecule has 5 rings (SSSR count). The van der Waals surface area contributed by atoms with E-state index in [2.05, 4.69) is 22.0 Å². The van der Waals surface area contributed by atoms with Crippen molar-refractivity contribution in [3.8, 4) is 11.4 Å². The number of aromatic nitrogens is 4. The molecule has 0 aliphatic carbocycles. The maximum atomic E-state index is 6.48. The number of halogens is 2. The van der Waals surface area contributed by atoms with Gasteiger partial charge in [-0.25, -0.2) is 9.38 Å². The van der Waals surface area contributed by atoms with E-state index in [4.69, 9.17) is 28.2 Å². The monoisotopic (exact) mass is 411 g/mol. The Morgan fingerprint density at radius 3 is 2.57 bits per heavy atom. The van der Waals surface area contributed by atoms with Crippen molar-refractivity contribution in [2.75, 3.05) is 18.0 Å². The molecule has 7 heteroatoms. The average Bonchev–Trinajstić information content (AvgIpc) is 3.13. The summed E-state index contributed by atoms with van der Waals surface area (Å²) < 4.78 is 2.04. The zero-order valence-electron chi connectivity index (χ0n) is 15.4. The summed E-state index contributed by atoms with van der Waals surface area (Å²) in [6.07, 6.45) is 2.28. The number of benzene rings is 2. The molecule has 0 saturated carbocycles. The summed E-state index contributed by atoms with van der Waals surface area (Å²) in [6, 6.07) is 13.4. The third kappa shape index (κ3) is 2.90. The van der Waals surface area contributed by atoms with E-state index in [1.54, 1.807) is 0 Å². The van der Waals surface area contributed by atoms with E-state index in [1.807, 2.05) is 46.9 Å². The lowest BCUT2D eigenvalue weighted by atomic mass is 9.99. The quantitative estimate of drug-likeness (QED) is 0.437. The fourth-order valence-electron chi connectivity index (χ4n) is 3.83. The highest BCUT2D eigenvalue weighted by Gasteiger charge is 2.24. The summed E-state index contributed by atoms with van der Waals surface area (Å²) in [6.45, 7) is 4.21. The van der Waals surface area contributed by atoms with Gasteiger partial charge in [0.2, 0.25) is 5.95 Å². The second-order valence-corrected chi connectivity index (χ2v) is 8.25. The second kappa shape index (κ2) is 6.90. The first-order valence-corrected chi connectivity index (χ1v) is 10.2. The number of nitrogens with zero attached hydrogens (tertiary/aromatic N) is 5. The van der Waals surface area contributed by atoms with E-state index in [-0.39, 0.29) is 0 Å². The van der Waals surface area contributed by atoms with E-state index in [9.17, 15) is 0 Å². The van der Waals surface area contributed by atoms with E-state index >= 15 is 0 Å². The standard InChI is InChI=1S/C21H19Cl2N5/c1-13-8-10-27(11-9-13)21-24-18-12-14(22)6-7-16(18)20-26-25-19(28(20)21)15-4-2-3-5-17(15)23/h2-7,12-13H,8-11H2,1H3. The molecule has 0 atom stereocenters. The summed E-state index contributed by atoms with van der Waals surface area (Å²) in [4.78, 5) is 7.30. The largest absolute Gasteiger partial charge is 0.342 e. The van der Waals surface area contributed by atoms with E-state index in [0.29, 0.717) is 15.9 Å². The van der Waals surface area contributed by atoms with Crippen molar-refractivity contribution in [3.63, 3.8) is 0 Å². The first kappa shape index (κ1) is 17.7. The molecule has 0 N–H and O–H groups in total. The molecule has 0 radical (unpaired) electrons. The van der Waals surface area contributed by atoms with Gasteiger partial charge in [-0.1, -0.05) is 42.3 Å². The van der Waals surface area contributed by atoms with Gasteiger partial charge in [0.05, 0.1) is 10.5 Å². The smallest absolute Gasteiger partial charge is 0.213 e. The number of hydrogen-bond acceptors (Lipinski definition) is 4. The van der Waals surface area contributed by atoms with Gasteiger partial charge >= 0.3 is 0 Å². The predicted octanol–water partition coefficient (Wildman–Crippen LogP) is 5.49. The fraction of sp³-hybridized carbons (Fsp3) is 0.286. The van der Waals surface area contributed by atoms with E-state index in [1.165, 1.54) is 0 Å². The number of hydrogen-bond donors (Lipinski definition) is 0.